The normalized spacial score (nSPS) is 49.8. The Bertz CT molecular complexity index is 669. The molecule has 2 nitrogen and oxygen atoms in total. The van der Waals surface area contributed by atoms with Gasteiger partial charge in [0, 0.05) is 24.2 Å². The summed E-state index contributed by atoms with van der Waals surface area (Å²) in [4.78, 5) is 25.1. The molecule has 130 valence electrons. The Kier molecular flexibility index (Phi) is 3.66. The average molecular weight is 348 g/mol. The molecule has 4 fully saturated rings. The molecule has 0 aromatic rings. The summed E-state index contributed by atoms with van der Waals surface area (Å²) in [5, 5.41) is 0. The third-order valence-corrected chi connectivity index (χ3v) is 8.53. The summed E-state index contributed by atoms with van der Waals surface area (Å²) < 4.78 is 13.8. The van der Waals surface area contributed by atoms with Gasteiger partial charge < -0.3 is 0 Å². The van der Waals surface area contributed by atoms with Gasteiger partial charge in [-0.2, -0.15) is 0 Å². The number of hydrogen-bond donors (Lipinski definition) is 0. The van der Waals surface area contributed by atoms with Crippen molar-refractivity contribution in [3.05, 3.63) is 11.9 Å². The highest BCUT2D eigenvalue weighted by molar-refractivity contribution is 7.82. The fraction of sp³-hybridized carbons (Fsp3) is 0.750. The molecule has 0 aromatic carbocycles. The largest absolute Gasteiger partial charge is 0.299 e. The van der Waals surface area contributed by atoms with E-state index >= 15 is 0 Å². The van der Waals surface area contributed by atoms with E-state index in [2.05, 4.69) is 13.8 Å². The fourth-order valence-electron chi connectivity index (χ4n) is 6.76. The third kappa shape index (κ3) is 1.95. The smallest absolute Gasteiger partial charge is 0.170 e. The highest BCUT2D eigenvalue weighted by Crippen LogP contribution is 2.65. The molecule has 0 aromatic heterocycles. The van der Waals surface area contributed by atoms with Crippen LogP contribution >= 0.6 is 12.2 Å². The van der Waals surface area contributed by atoms with Crippen LogP contribution in [0, 0.1) is 34.5 Å². The number of carbonyl (C=O) groups excluding carboxylic acids is 2. The molecule has 0 radical (unpaired) electrons. The van der Waals surface area contributed by atoms with E-state index in [-0.39, 0.29) is 22.5 Å². The standard InChI is InChI=1S/C20H25FO2S/c1-19-7-5-14-12(13(19)3-4-16(19)23)9-11(10-21)17-18(24)15(22)6-8-20(14,17)2/h10,12-14,17H,3-9H2,1-2H3/t12-,13-,14-,17?,19-,20+/m0/s1. The van der Waals surface area contributed by atoms with Gasteiger partial charge in [-0.1, -0.05) is 26.1 Å². The molecule has 1 unspecified atom stereocenters. The Balaban J connectivity index is 1.77. The van der Waals surface area contributed by atoms with Crippen molar-refractivity contribution in [2.24, 2.45) is 34.5 Å². The lowest BCUT2D eigenvalue weighted by atomic mass is 9.44. The molecule has 4 saturated carbocycles. The predicted molar refractivity (Wildman–Crippen MR) is 94.3 cm³/mol. The lowest BCUT2D eigenvalue weighted by Gasteiger charge is -2.59. The van der Waals surface area contributed by atoms with Crippen LogP contribution in [0.1, 0.15) is 58.8 Å². The summed E-state index contributed by atoms with van der Waals surface area (Å²) in [6, 6.07) is 0. The zero-order valence-corrected chi connectivity index (χ0v) is 15.3. The van der Waals surface area contributed by atoms with Crippen molar-refractivity contribution in [3.63, 3.8) is 0 Å². The quantitative estimate of drug-likeness (QED) is 0.600. The van der Waals surface area contributed by atoms with E-state index in [1.807, 2.05) is 0 Å². The van der Waals surface area contributed by atoms with Crippen LogP contribution in [-0.4, -0.2) is 16.4 Å². The second kappa shape index (κ2) is 5.30. The number of hydrogen-bond acceptors (Lipinski definition) is 3. The number of fused-ring (bicyclic) bond motifs is 5. The Labute approximate surface area is 148 Å². The van der Waals surface area contributed by atoms with E-state index in [0.29, 0.717) is 59.6 Å². The minimum Gasteiger partial charge on any atom is -0.299 e. The predicted octanol–water partition coefficient (Wildman–Crippen LogP) is 4.61. The molecule has 0 N–H and O–H groups in total. The molecule has 0 saturated heterocycles. The van der Waals surface area contributed by atoms with Crippen LogP contribution in [0.25, 0.3) is 0 Å². The summed E-state index contributed by atoms with van der Waals surface area (Å²) in [6.45, 7) is 4.35. The van der Waals surface area contributed by atoms with E-state index in [1.165, 1.54) is 0 Å². The van der Waals surface area contributed by atoms with Crippen LogP contribution < -0.4 is 0 Å². The van der Waals surface area contributed by atoms with Gasteiger partial charge in [0.1, 0.15) is 5.78 Å². The van der Waals surface area contributed by atoms with Gasteiger partial charge in [0.2, 0.25) is 0 Å². The van der Waals surface area contributed by atoms with Crippen LogP contribution in [-0.2, 0) is 9.59 Å². The Morgan fingerprint density at radius 2 is 1.88 bits per heavy atom. The first-order valence-corrected chi connectivity index (χ1v) is 9.63. The minimum atomic E-state index is -0.212. The van der Waals surface area contributed by atoms with Crippen LogP contribution in [0.4, 0.5) is 4.39 Å². The number of halogens is 1. The monoisotopic (exact) mass is 348 g/mol. The SMILES string of the molecule is C[C@]12CCC(=O)C(=S)C1C(=CF)C[C@@H]1[C@@H]2CC[C@]2(C)C(=O)CC[C@@H]12. The zero-order chi connectivity index (χ0) is 17.3. The molecule has 4 heteroatoms. The van der Waals surface area contributed by atoms with Gasteiger partial charge in [0.25, 0.3) is 0 Å². The first kappa shape index (κ1) is 16.6. The number of rotatable bonds is 0. The summed E-state index contributed by atoms with van der Waals surface area (Å²) in [5.74, 6) is 1.39. The van der Waals surface area contributed by atoms with Crippen molar-refractivity contribution in [3.8, 4) is 0 Å². The summed E-state index contributed by atoms with van der Waals surface area (Å²) in [6.07, 6.45) is 6.25. The van der Waals surface area contributed by atoms with Crippen LogP contribution in [0.2, 0.25) is 0 Å². The van der Waals surface area contributed by atoms with Gasteiger partial charge in [-0.15, -0.1) is 0 Å². The van der Waals surface area contributed by atoms with Crippen molar-refractivity contribution >= 4 is 28.6 Å². The summed E-state index contributed by atoms with van der Waals surface area (Å²) >= 11 is 5.46. The van der Waals surface area contributed by atoms with E-state index in [0.717, 1.165) is 25.7 Å². The molecular weight excluding hydrogens is 323 g/mol. The highest BCUT2D eigenvalue weighted by Gasteiger charge is 2.62. The molecule has 6 atom stereocenters. The fourth-order valence-corrected chi connectivity index (χ4v) is 7.28. The van der Waals surface area contributed by atoms with E-state index in [1.54, 1.807) is 0 Å². The Morgan fingerprint density at radius 3 is 2.58 bits per heavy atom. The Morgan fingerprint density at radius 1 is 1.12 bits per heavy atom. The number of Topliss-reactive ketones (excluding diaryl/α,β-unsaturated/α-hetero) is 2. The van der Waals surface area contributed by atoms with E-state index in [4.69, 9.17) is 12.2 Å². The number of carbonyl (C=O) groups is 2. The molecule has 0 amide bonds. The number of ketones is 2. The second-order valence-corrected chi connectivity index (χ2v) is 9.35. The van der Waals surface area contributed by atoms with Gasteiger partial charge in [-0.3, -0.25) is 9.59 Å². The molecule has 0 spiro atoms. The molecule has 4 aliphatic carbocycles. The van der Waals surface area contributed by atoms with Crippen LogP contribution in [0.3, 0.4) is 0 Å². The summed E-state index contributed by atoms with van der Waals surface area (Å²) in [7, 11) is 0. The molecule has 0 heterocycles. The minimum absolute atomic E-state index is 0.0296. The van der Waals surface area contributed by atoms with Gasteiger partial charge in [0.05, 0.1) is 11.2 Å². The number of thiocarbonyl (C=S) groups is 1. The Hall–Kier alpha value is -0.900. The third-order valence-electron chi connectivity index (χ3n) is 8.06. The average Bonchev–Trinajstić information content (AvgIpc) is 2.86. The van der Waals surface area contributed by atoms with E-state index < -0.39 is 0 Å². The summed E-state index contributed by atoms with van der Waals surface area (Å²) in [5.41, 5.74) is 0.371. The van der Waals surface area contributed by atoms with Gasteiger partial charge in [-0.05, 0) is 60.8 Å². The maximum absolute atomic E-state index is 13.8. The zero-order valence-electron chi connectivity index (χ0n) is 14.4. The van der Waals surface area contributed by atoms with Crippen LogP contribution in [0.15, 0.2) is 11.9 Å². The van der Waals surface area contributed by atoms with Crippen molar-refractivity contribution in [1.29, 1.82) is 0 Å². The highest BCUT2D eigenvalue weighted by atomic mass is 32.1. The molecule has 0 aliphatic heterocycles. The molecule has 0 bridgehead atoms. The van der Waals surface area contributed by atoms with Gasteiger partial charge >= 0.3 is 0 Å². The van der Waals surface area contributed by atoms with E-state index in [9.17, 15) is 14.0 Å². The topological polar surface area (TPSA) is 34.1 Å². The van der Waals surface area contributed by atoms with Gasteiger partial charge in [-0.25, -0.2) is 4.39 Å². The second-order valence-electron chi connectivity index (χ2n) is 8.91. The molecule has 4 aliphatic rings. The van der Waals surface area contributed by atoms with Crippen molar-refractivity contribution in [2.75, 3.05) is 0 Å². The lowest BCUT2D eigenvalue weighted by Crippen LogP contribution is -2.56. The first-order valence-electron chi connectivity index (χ1n) is 9.22. The number of allylic oxidation sites excluding steroid dienone is 1. The van der Waals surface area contributed by atoms with Crippen LogP contribution in [0.5, 0.6) is 0 Å². The maximum Gasteiger partial charge on any atom is 0.170 e. The van der Waals surface area contributed by atoms with Crippen molar-refractivity contribution in [1.82, 2.24) is 0 Å². The molecule has 4 rings (SSSR count). The maximum atomic E-state index is 13.8. The van der Waals surface area contributed by atoms with Crippen molar-refractivity contribution < 1.29 is 14.0 Å². The molecular formula is C20H25FO2S. The van der Waals surface area contributed by atoms with Crippen molar-refractivity contribution in [2.45, 2.75) is 58.8 Å². The lowest BCUT2D eigenvalue weighted by molar-refractivity contribution is -0.134. The first-order chi connectivity index (χ1) is 11.3. The van der Waals surface area contributed by atoms with Gasteiger partial charge in [0.15, 0.2) is 5.78 Å². The molecule has 24 heavy (non-hydrogen) atoms.